The molecular formula is C19H16ClNO4. The lowest BCUT2D eigenvalue weighted by Gasteiger charge is -2.27. The normalized spacial score (nSPS) is 14.6. The van der Waals surface area contributed by atoms with Crippen molar-refractivity contribution < 1.29 is 19.1 Å². The molecule has 0 bridgehead atoms. The molecule has 0 spiro atoms. The van der Waals surface area contributed by atoms with Crippen molar-refractivity contribution in [3.8, 4) is 5.75 Å². The van der Waals surface area contributed by atoms with E-state index in [0.717, 1.165) is 4.90 Å². The first kappa shape index (κ1) is 17.2. The Bertz CT molecular complexity index is 810. The quantitative estimate of drug-likeness (QED) is 0.476. The number of rotatable bonds is 4. The summed E-state index contributed by atoms with van der Waals surface area (Å²) in [4.78, 5) is 38.9. The molecule has 1 aliphatic rings. The van der Waals surface area contributed by atoms with Gasteiger partial charge in [0.25, 0.3) is 11.8 Å². The van der Waals surface area contributed by atoms with Crippen molar-refractivity contribution in [1.82, 2.24) is 4.90 Å². The van der Waals surface area contributed by atoms with Crippen LogP contribution >= 0.6 is 11.6 Å². The van der Waals surface area contributed by atoms with Crippen molar-refractivity contribution in [3.05, 3.63) is 64.7 Å². The topological polar surface area (TPSA) is 63.7 Å². The van der Waals surface area contributed by atoms with Crippen LogP contribution in [0, 0.1) is 5.92 Å². The summed E-state index contributed by atoms with van der Waals surface area (Å²) in [5.74, 6) is -1.62. The zero-order chi connectivity index (χ0) is 18.1. The van der Waals surface area contributed by atoms with E-state index in [1.807, 2.05) is 0 Å². The predicted molar refractivity (Wildman–Crippen MR) is 92.7 cm³/mol. The van der Waals surface area contributed by atoms with Gasteiger partial charge in [0.15, 0.2) is 0 Å². The molecule has 128 valence electrons. The summed E-state index contributed by atoms with van der Waals surface area (Å²) in [5, 5.41) is 0.514. The number of hydrogen-bond donors (Lipinski definition) is 0. The van der Waals surface area contributed by atoms with Gasteiger partial charge in [-0.2, -0.15) is 0 Å². The van der Waals surface area contributed by atoms with Crippen LogP contribution in [0.5, 0.6) is 5.75 Å². The molecule has 25 heavy (non-hydrogen) atoms. The van der Waals surface area contributed by atoms with E-state index in [-0.39, 0.29) is 5.92 Å². The van der Waals surface area contributed by atoms with Gasteiger partial charge in [0, 0.05) is 5.02 Å². The molecule has 0 saturated heterocycles. The Hall–Kier alpha value is -2.66. The van der Waals surface area contributed by atoms with Crippen molar-refractivity contribution in [3.63, 3.8) is 0 Å². The highest BCUT2D eigenvalue weighted by molar-refractivity contribution is 6.30. The van der Waals surface area contributed by atoms with E-state index in [0.29, 0.717) is 21.9 Å². The zero-order valence-electron chi connectivity index (χ0n) is 13.7. The molecule has 0 aliphatic carbocycles. The Morgan fingerprint density at radius 1 is 0.960 bits per heavy atom. The molecule has 1 aliphatic heterocycles. The van der Waals surface area contributed by atoms with Gasteiger partial charge >= 0.3 is 5.97 Å². The minimum absolute atomic E-state index is 0.302. The van der Waals surface area contributed by atoms with E-state index < -0.39 is 23.8 Å². The molecule has 2 aromatic rings. The van der Waals surface area contributed by atoms with Crippen molar-refractivity contribution in [2.24, 2.45) is 5.92 Å². The summed E-state index contributed by atoms with van der Waals surface area (Å²) in [7, 11) is 0. The number of imide groups is 1. The Balaban J connectivity index is 1.89. The largest absolute Gasteiger partial charge is 0.425 e. The Morgan fingerprint density at radius 3 is 1.96 bits per heavy atom. The lowest BCUT2D eigenvalue weighted by molar-refractivity contribution is -0.140. The number of ether oxygens (including phenoxy) is 1. The molecule has 1 heterocycles. The molecule has 3 rings (SSSR count). The van der Waals surface area contributed by atoms with Gasteiger partial charge in [0.2, 0.25) is 0 Å². The molecule has 6 heteroatoms. The first-order valence-electron chi connectivity index (χ1n) is 7.84. The SMILES string of the molecule is CC(C)C(C(=O)Oc1ccc(Cl)cc1)N1C(=O)c2ccccc2C1=O. The Kier molecular flexibility index (Phi) is 4.59. The van der Waals surface area contributed by atoms with Crippen molar-refractivity contribution >= 4 is 29.4 Å². The second kappa shape index (κ2) is 6.69. The minimum Gasteiger partial charge on any atom is -0.425 e. The number of benzene rings is 2. The maximum Gasteiger partial charge on any atom is 0.335 e. The van der Waals surface area contributed by atoms with Crippen molar-refractivity contribution in [1.29, 1.82) is 0 Å². The molecule has 0 radical (unpaired) electrons. The standard InChI is InChI=1S/C19H16ClNO4/c1-11(2)16(19(24)25-13-9-7-12(20)8-10-13)21-17(22)14-5-3-4-6-15(14)18(21)23/h3-11,16H,1-2H3. The molecule has 1 unspecified atom stereocenters. The third-order valence-electron chi connectivity index (χ3n) is 4.01. The molecule has 5 nitrogen and oxygen atoms in total. The Labute approximate surface area is 150 Å². The summed E-state index contributed by atoms with van der Waals surface area (Å²) in [6.45, 7) is 3.52. The smallest absolute Gasteiger partial charge is 0.335 e. The fourth-order valence-corrected chi connectivity index (χ4v) is 2.94. The van der Waals surface area contributed by atoms with Crippen molar-refractivity contribution in [2.75, 3.05) is 0 Å². The molecule has 0 saturated carbocycles. The molecular weight excluding hydrogens is 342 g/mol. The summed E-state index contributed by atoms with van der Waals surface area (Å²) in [5.41, 5.74) is 0.606. The number of carbonyl (C=O) groups is 3. The van der Waals surface area contributed by atoms with Gasteiger partial charge in [0.1, 0.15) is 11.8 Å². The fourth-order valence-electron chi connectivity index (χ4n) is 2.82. The number of amides is 2. The third kappa shape index (κ3) is 3.15. The van der Waals surface area contributed by atoms with Crippen LogP contribution in [-0.4, -0.2) is 28.7 Å². The van der Waals surface area contributed by atoms with Gasteiger partial charge in [-0.1, -0.05) is 37.6 Å². The third-order valence-corrected chi connectivity index (χ3v) is 4.26. The number of hydrogen-bond acceptors (Lipinski definition) is 4. The maximum absolute atomic E-state index is 12.7. The van der Waals surface area contributed by atoms with Crippen LogP contribution in [0.3, 0.4) is 0 Å². The molecule has 0 N–H and O–H groups in total. The van der Waals surface area contributed by atoms with Crippen LogP contribution < -0.4 is 4.74 Å². The average molecular weight is 358 g/mol. The van der Waals surface area contributed by atoms with Gasteiger partial charge in [-0.3, -0.25) is 14.5 Å². The molecule has 2 aromatic carbocycles. The number of esters is 1. The highest BCUT2D eigenvalue weighted by Gasteiger charge is 2.44. The second-order valence-corrected chi connectivity index (χ2v) is 6.53. The number of nitrogens with zero attached hydrogens (tertiary/aromatic N) is 1. The van der Waals surface area contributed by atoms with Gasteiger partial charge in [-0.25, -0.2) is 4.79 Å². The first-order chi connectivity index (χ1) is 11.9. The van der Waals surface area contributed by atoms with Crippen LogP contribution in [0.15, 0.2) is 48.5 Å². The zero-order valence-corrected chi connectivity index (χ0v) is 14.5. The predicted octanol–water partition coefficient (Wildman–Crippen LogP) is 3.57. The highest BCUT2D eigenvalue weighted by Crippen LogP contribution is 2.28. The lowest BCUT2D eigenvalue weighted by atomic mass is 10.0. The van der Waals surface area contributed by atoms with Crippen molar-refractivity contribution in [2.45, 2.75) is 19.9 Å². The lowest BCUT2D eigenvalue weighted by Crippen LogP contribution is -2.49. The van der Waals surface area contributed by atoms with E-state index in [9.17, 15) is 14.4 Å². The van der Waals surface area contributed by atoms with E-state index in [1.54, 1.807) is 62.4 Å². The van der Waals surface area contributed by atoms with Crippen LogP contribution in [0.4, 0.5) is 0 Å². The van der Waals surface area contributed by atoms with Crippen LogP contribution in [-0.2, 0) is 4.79 Å². The number of carbonyl (C=O) groups excluding carboxylic acids is 3. The number of fused-ring (bicyclic) bond motifs is 1. The first-order valence-corrected chi connectivity index (χ1v) is 8.22. The van der Waals surface area contributed by atoms with E-state index in [2.05, 4.69) is 0 Å². The van der Waals surface area contributed by atoms with E-state index >= 15 is 0 Å². The molecule has 1 atom stereocenters. The van der Waals surface area contributed by atoms with Gasteiger partial charge in [0.05, 0.1) is 11.1 Å². The van der Waals surface area contributed by atoms with Gasteiger partial charge in [-0.05, 0) is 42.3 Å². The second-order valence-electron chi connectivity index (χ2n) is 6.09. The number of halogens is 1. The highest BCUT2D eigenvalue weighted by atomic mass is 35.5. The van der Waals surface area contributed by atoms with E-state index in [1.165, 1.54) is 0 Å². The van der Waals surface area contributed by atoms with Gasteiger partial charge in [-0.15, -0.1) is 0 Å². The fraction of sp³-hybridized carbons (Fsp3) is 0.211. The molecule has 0 aromatic heterocycles. The summed E-state index contributed by atoms with van der Waals surface area (Å²) >= 11 is 5.82. The summed E-state index contributed by atoms with van der Waals surface area (Å²) in [6.07, 6.45) is 0. The molecule has 0 fully saturated rings. The molecule has 2 amide bonds. The summed E-state index contributed by atoms with van der Waals surface area (Å²) in [6, 6.07) is 11.8. The van der Waals surface area contributed by atoms with Crippen LogP contribution in [0.2, 0.25) is 5.02 Å². The van der Waals surface area contributed by atoms with Crippen LogP contribution in [0.1, 0.15) is 34.6 Å². The average Bonchev–Trinajstić information content (AvgIpc) is 2.83. The summed E-state index contributed by atoms with van der Waals surface area (Å²) < 4.78 is 5.36. The Morgan fingerprint density at radius 2 is 1.48 bits per heavy atom. The van der Waals surface area contributed by atoms with E-state index in [4.69, 9.17) is 16.3 Å². The monoisotopic (exact) mass is 357 g/mol. The minimum atomic E-state index is -1.01. The van der Waals surface area contributed by atoms with Crippen LogP contribution in [0.25, 0.3) is 0 Å². The van der Waals surface area contributed by atoms with Gasteiger partial charge < -0.3 is 4.74 Å². The maximum atomic E-state index is 12.7.